The van der Waals surface area contributed by atoms with Crippen LogP contribution in [0.15, 0.2) is 64.9 Å². The molecule has 0 aliphatic heterocycles. The molecule has 140 valence electrons. The van der Waals surface area contributed by atoms with Gasteiger partial charge in [0.1, 0.15) is 6.33 Å². The van der Waals surface area contributed by atoms with Crippen LogP contribution in [-0.4, -0.2) is 32.7 Å². The molecule has 0 saturated heterocycles. The summed E-state index contributed by atoms with van der Waals surface area (Å²) in [5.41, 5.74) is 3.11. The Bertz CT molecular complexity index is 906. The second-order valence-electron chi connectivity index (χ2n) is 6.27. The van der Waals surface area contributed by atoms with Gasteiger partial charge in [-0.2, -0.15) is 0 Å². The van der Waals surface area contributed by atoms with Crippen molar-refractivity contribution >= 4 is 35.1 Å². The molecule has 0 aliphatic carbocycles. The lowest BCUT2D eigenvalue weighted by Gasteiger charge is -2.10. The largest absolute Gasteiger partial charge is 0.324 e. The fraction of sp³-hybridized carbons (Fsp3) is 0.250. The lowest BCUT2D eigenvalue weighted by Crippen LogP contribution is -2.15. The number of nitrogens with one attached hydrogen (secondary N) is 1. The van der Waals surface area contributed by atoms with E-state index in [9.17, 15) is 4.79 Å². The van der Waals surface area contributed by atoms with Gasteiger partial charge < -0.3 is 5.32 Å². The van der Waals surface area contributed by atoms with Gasteiger partial charge in [0.15, 0.2) is 5.16 Å². The van der Waals surface area contributed by atoms with Gasteiger partial charge in [0.25, 0.3) is 0 Å². The third kappa shape index (κ3) is 4.93. The number of thioether (sulfide) groups is 2. The van der Waals surface area contributed by atoms with Crippen LogP contribution in [-0.2, 0) is 4.79 Å². The number of hydrogen-bond acceptors (Lipinski definition) is 5. The van der Waals surface area contributed by atoms with Crippen molar-refractivity contribution in [3.05, 3.63) is 60.4 Å². The SMILES string of the molecule is CSc1ccccc1NC(=O)CSc1nncn1-c1ccc(C(C)C)cc1. The molecule has 3 aromatic rings. The minimum Gasteiger partial charge on any atom is -0.324 e. The summed E-state index contributed by atoms with van der Waals surface area (Å²) in [6.45, 7) is 4.34. The third-order valence-corrected chi connectivity index (χ3v) is 5.81. The van der Waals surface area contributed by atoms with E-state index in [0.29, 0.717) is 11.1 Å². The fourth-order valence-corrected chi connectivity index (χ4v) is 3.87. The number of para-hydroxylation sites is 1. The molecule has 1 N–H and O–H groups in total. The Labute approximate surface area is 168 Å². The topological polar surface area (TPSA) is 59.8 Å². The normalized spacial score (nSPS) is 11.0. The van der Waals surface area contributed by atoms with Gasteiger partial charge in [-0.3, -0.25) is 9.36 Å². The van der Waals surface area contributed by atoms with Crippen LogP contribution in [0.4, 0.5) is 5.69 Å². The predicted octanol–water partition coefficient (Wildman–Crippen LogP) is 4.84. The number of hydrogen-bond donors (Lipinski definition) is 1. The molecule has 5 nitrogen and oxygen atoms in total. The van der Waals surface area contributed by atoms with Crippen molar-refractivity contribution in [1.29, 1.82) is 0 Å². The summed E-state index contributed by atoms with van der Waals surface area (Å²) in [7, 11) is 0. The minimum absolute atomic E-state index is 0.0637. The standard InChI is InChI=1S/C20H22N4OS2/c1-14(2)15-8-10-16(11-9-15)24-13-21-23-20(24)27-12-19(25)22-17-6-4-5-7-18(17)26-3/h4-11,13-14H,12H2,1-3H3,(H,22,25). The average Bonchev–Trinajstić information content (AvgIpc) is 3.15. The number of nitrogens with zero attached hydrogens (tertiary/aromatic N) is 3. The van der Waals surface area contributed by atoms with Crippen LogP contribution < -0.4 is 5.32 Å². The molecular formula is C20H22N4OS2. The first kappa shape index (κ1) is 19.5. The minimum atomic E-state index is -0.0637. The molecule has 1 amide bonds. The first-order valence-electron chi connectivity index (χ1n) is 8.64. The van der Waals surface area contributed by atoms with Crippen LogP contribution >= 0.6 is 23.5 Å². The first-order chi connectivity index (χ1) is 13.1. The van der Waals surface area contributed by atoms with Gasteiger partial charge in [-0.1, -0.05) is 49.9 Å². The quantitative estimate of drug-likeness (QED) is 0.577. The Balaban J connectivity index is 1.65. The maximum absolute atomic E-state index is 12.3. The second-order valence-corrected chi connectivity index (χ2v) is 8.06. The zero-order valence-electron chi connectivity index (χ0n) is 15.5. The highest BCUT2D eigenvalue weighted by Crippen LogP contribution is 2.26. The molecule has 0 aliphatic rings. The predicted molar refractivity (Wildman–Crippen MR) is 113 cm³/mol. The number of rotatable bonds is 7. The smallest absolute Gasteiger partial charge is 0.234 e. The molecule has 27 heavy (non-hydrogen) atoms. The van der Waals surface area contributed by atoms with Crippen LogP contribution in [0, 0.1) is 0 Å². The third-order valence-electron chi connectivity index (χ3n) is 4.07. The van der Waals surface area contributed by atoms with Gasteiger partial charge in [0.2, 0.25) is 5.91 Å². The summed E-state index contributed by atoms with van der Waals surface area (Å²) in [5.74, 6) is 0.693. The van der Waals surface area contributed by atoms with E-state index in [0.717, 1.165) is 16.3 Å². The van der Waals surface area contributed by atoms with E-state index in [1.54, 1.807) is 18.1 Å². The van der Waals surface area contributed by atoms with E-state index in [-0.39, 0.29) is 11.7 Å². The molecule has 3 rings (SSSR count). The van der Waals surface area contributed by atoms with Crippen molar-refractivity contribution in [1.82, 2.24) is 14.8 Å². The highest BCUT2D eigenvalue weighted by molar-refractivity contribution is 7.99. The number of anilines is 1. The summed E-state index contributed by atoms with van der Waals surface area (Å²) < 4.78 is 1.90. The van der Waals surface area contributed by atoms with Crippen molar-refractivity contribution in [2.45, 2.75) is 29.8 Å². The fourth-order valence-electron chi connectivity index (χ4n) is 2.58. The summed E-state index contributed by atoms with van der Waals surface area (Å²) in [4.78, 5) is 13.4. The number of amides is 1. The summed E-state index contributed by atoms with van der Waals surface area (Å²) in [6, 6.07) is 16.1. The van der Waals surface area contributed by atoms with Crippen molar-refractivity contribution in [2.24, 2.45) is 0 Å². The van der Waals surface area contributed by atoms with Crippen molar-refractivity contribution in [3.8, 4) is 5.69 Å². The monoisotopic (exact) mass is 398 g/mol. The Morgan fingerprint density at radius 3 is 2.59 bits per heavy atom. The molecule has 0 fully saturated rings. The molecule has 0 bridgehead atoms. The van der Waals surface area contributed by atoms with Crippen LogP contribution in [0.5, 0.6) is 0 Å². The number of aromatic nitrogens is 3. The molecule has 0 saturated carbocycles. The first-order valence-corrected chi connectivity index (χ1v) is 10.9. The van der Waals surface area contributed by atoms with Crippen LogP contribution in [0.25, 0.3) is 5.69 Å². The Morgan fingerprint density at radius 2 is 1.89 bits per heavy atom. The maximum Gasteiger partial charge on any atom is 0.234 e. The van der Waals surface area contributed by atoms with Crippen molar-refractivity contribution in [2.75, 3.05) is 17.3 Å². The van der Waals surface area contributed by atoms with E-state index in [4.69, 9.17) is 0 Å². The van der Waals surface area contributed by atoms with Gasteiger partial charge in [-0.05, 0) is 42.0 Å². The number of benzene rings is 2. The van der Waals surface area contributed by atoms with Gasteiger partial charge >= 0.3 is 0 Å². The van der Waals surface area contributed by atoms with Crippen molar-refractivity contribution in [3.63, 3.8) is 0 Å². The van der Waals surface area contributed by atoms with E-state index in [2.05, 4.69) is 53.6 Å². The van der Waals surface area contributed by atoms with Gasteiger partial charge in [-0.15, -0.1) is 22.0 Å². The maximum atomic E-state index is 12.3. The summed E-state index contributed by atoms with van der Waals surface area (Å²) in [5, 5.41) is 11.8. The van der Waals surface area contributed by atoms with Crippen LogP contribution in [0.2, 0.25) is 0 Å². The zero-order valence-corrected chi connectivity index (χ0v) is 17.2. The van der Waals surface area contributed by atoms with E-state index >= 15 is 0 Å². The second kappa shape index (κ2) is 9.10. The van der Waals surface area contributed by atoms with Gasteiger partial charge in [0.05, 0.1) is 11.4 Å². The Hall–Kier alpha value is -2.25. The molecule has 1 aromatic heterocycles. The molecular weight excluding hydrogens is 376 g/mol. The lowest BCUT2D eigenvalue weighted by molar-refractivity contribution is -0.113. The molecule has 0 atom stereocenters. The summed E-state index contributed by atoms with van der Waals surface area (Å²) in [6.07, 6.45) is 3.67. The summed E-state index contributed by atoms with van der Waals surface area (Å²) >= 11 is 2.98. The molecule has 2 aromatic carbocycles. The highest BCUT2D eigenvalue weighted by atomic mass is 32.2. The molecule has 0 spiro atoms. The molecule has 0 unspecified atom stereocenters. The lowest BCUT2D eigenvalue weighted by atomic mass is 10.0. The zero-order chi connectivity index (χ0) is 19.2. The number of carbonyl (C=O) groups is 1. The van der Waals surface area contributed by atoms with Crippen molar-refractivity contribution < 1.29 is 4.79 Å². The molecule has 7 heteroatoms. The van der Waals surface area contributed by atoms with Crippen LogP contribution in [0.1, 0.15) is 25.3 Å². The highest BCUT2D eigenvalue weighted by Gasteiger charge is 2.12. The van der Waals surface area contributed by atoms with E-state index in [1.165, 1.54) is 17.3 Å². The number of carbonyl (C=O) groups excluding carboxylic acids is 1. The Morgan fingerprint density at radius 1 is 1.15 bits per heavy atom. The van der Waals surface area contributed by atoms with Gasteiger partial charge in [0, 0.05) is 10.6 Å². The average molecular weight is 399 g/mol. The van der Waals surface area contributed by atoms with Crippen LogP contribution in [0.3, 0.4) is 0 Å². The van der Waals surface area contributed by atoms with E-state index in [1.807, 2.05) is 35.1 Å². The van der Waals surface area contributed by atoms with Gasteiger partial charge in [-0.25, -0.2) is 0 Å². The molecule has 1 heterocycles. The Kier molecular flexibility index (Phi) is 6.58. The van der Waals surface area contributed by atoms with E-state index < -0.39 is 0 Å². The molecule has 0 radical (unpaired) electrons.